The van der Waals surface area contributed by atoms with Crippen LogP contribution in [0.4, 0.5) is 4.79 Å². The smallest absolute Gasteiger partial charge is 0.410 e. The summed E-state index contributed by atoms with van der Waals surface area (Å²) in [4.78, 5) is 23.3. The van der Waals surface area contributed by atoms with Crippen LogP contribution in [-0.4, -0.2) is 39.1 Å². The summed E-state index contributed by atoms with van der Waals surface area (Å²) in [5.41, 5.74) is 8.44. The Hall–Kier alpha value is -2.21. The van der Waals surface area contributed by atoms with Crippen LogP contribution in [-0.2, 0) is 4.74 Å². The first-order valence-corrected chi connectivity index (χ1v) is 8.82. The van der Waals surface area contributed by atoms with Gasteiger partial charge in [-0.3, -0.25) is 4.98 Å². The fourth-order valence-electron chi connectivity index (χ4n) is 3.23. The summed E-state index contributed by atoms with van der Waals surface area (Å²) in [6.07, 6.45) is 4.32. The number of likely N-dealkylation sites (tertiary alicyclic amines) is 1. The van der Waals surface area contributed by atoms with Crippen LogP contribution in [0.3, 0.4) is 0 Å². The van der Waals surface area contributed by atoms with Crippen LogP contribution in [0.2, 0.25) is 0 Å². The van der Waals surface area contributed by atoms with Crippen molar-refractivity contribution in [3.63, 3.8) is 0 Å². The van der Waals surface area contributed by atoms with Crippen molar-refractivity contribution in [3.8, 4) is 0 Å². The Kier molecular flexibility index (Phi) is 4.90. The Labute approximate surface area is 148 Å². The van der Waals surface area contributed by atoms with Crippen molar-refractivity contribution >= 4 is 17.1 Å². The van der Waals surface area contributed by atoms with Crippen molar-refractivity contribution in [2.45, 2.75) is 57.7 Å². The van der Waals surface area contributed by atoms with Crippen LogP contribution in [0.1, 0.15) is 51.8 Å². The maximum absolute atomic E-state index is 12.6. The molecule has 0 aliphatic carbocycles. The topological polar surface area (TPSA) is 81.3 Å². The molecule has 3 rings (SSSR count). The van der Waals surface area contributed by atoms with E-state index in [1.54, 1.807) is 11.1 Å². The van der Waals surface area contributed by atoms with E-state index in [-0.39, 0.29) is 18.2 Å². The number of rotatable bonds is 2. The minimum Gasteiger partial charge on any atom is -0.444 e. The molecule has 2 aromatic heterocycles. The van der Waals surface area contributed by atoms with Crippen LogP contribution in [0.5, 0.6) is 0 Å². The van der Waals surface area contributed by atoms with Gasteiger partial charge in [-0.1, -0.05) is 0 Å². The lowest BCUT2D eigenvalue weighted by atomic mass is 9.94. The summed E-state index contributed by atoms with van der Waals surface area (Å²) in [5, 5.41) is 0. The molecular formula is C19H26N4O2. The van der Waals surface area contributed by atoms with Crippen molar-refractivity contribution < 1.29 is 9.53 Å². The normalized spacial score (nSPS) is 19.7. The number of carbonyl (C=O) groups is 1. The summed E-state index contributed by atoms with van der Waals surface area (Å²) in [7, 11) is 0. The van der Waals surface area contributed by atoms with Crippen LogP contribution < -0.4 is 5.73 Å². The molecule has 134 valence electrons. The molecule has 2 N–H and O–H groups in total. The van der Waals surface area contributed by atoms with E-state index < -0.39 is 5.60 Å². The summed E-state index contributed by atoms with van der Waals surface area (Å²) in [6, 6.07) is 7.16. The van der Waals surface area contributed by atoms with Crippen molar-refractivity contribution in [3.05, 3.63) is 36.2 Å². The van der Waals surface area contributed by atoms with Gasteiger partial charge in [0.2, 0.25) is 0 Å². The molecule has 0 aromatic carbocycles. The van der Waals surface area contributed by atoms with Gasteiger partial charge in [0, 0.05) is 12.7 Å². The first-order chi connectivity index (χ1) is 11.8. The largest absolute Gasteiger partial charge is 0.444 e. The maximum atomic E-state index is 12.6. The highest BCUT2D eigenvalue weighted by Crippen LogP contribution is 2.28. The minimum absolute atomic E-state index is 0.106. The lowest BCUT2D eigenvalue weighted by molar-refractivity contribution is 0.00633. The molecule has 1 aliphatic rings. The molecule has 3 heterocycles. The van der Waals surface area contributed by atoms with E-state index in [9.17, 15) is 4.79 Å². The van der Waals surface area contributed by atoms with E-state index in [0.717, 1.165) is 36.0 Å². The Balaban J connectivity index is 1.84. The van der Waals surface area contributed by atoms with Gasteiger partial charge in [-0.15, -0.1) is 0 Å². The number of ether oxygens (including phenoxy) is 1. The summed E-state index contributed by atoms with van der Waals surface area (Å²) in [6.45, 7) is 6.30. The zero-order valence-corrected chi connectivity index (χ0v) is 15.1. The summed E-state index contributed by atoms with van der Waals surface area (Å²) < 4.78 is 5.56. The second-order valence-electron chi connectivity index (χ2n) is 7.54. The Bertz CT molecular complexity index is 756. The standard InChI is InChI=1S/C19H26N4O2/c1-19(2,3)25-18(24)23-12-5-4-8-16(23)17(20)15-10-9-13-14(22-15)7-6-11-21-13/h6-7,9-11,16-17H,4-5,8,12,20H2,1-3H3/t16-,17?/m0/s1. The molecule has 1 saturated heterocycles. The number of amides is 1. The third kappa shape index (κ3) is 4.07. The lowest BCUT2D eigenvalue weighted by Gasteiger charge is -2.39. The van der Waals surface area contributed by atoms with E-state index in [4.69, 9.17) is 10.5 Å². The average molecular weight is 342 g/mol. The third-order valence-corrected chi connectivity index (χ3v) is 4.41. The fourth-order valence-corrected chi connectivity index (χ4v) is 3.23. The Morgan fingerprint density at radius 2 is 2.08 bits per heavy atom. The lowest BCUT2D eigenvalue weighted by Crippen LogP contribution is -2.50. The SMILES string of the molecule is CC(C)(C)OC(=O)N1CCCC[C@H]1C(N)c1ccc2ncccc2n1. The number of aromatic nitrogens is 2. The highest BCUT2D eigenvalue weighted by atomic mass is 16.6. The van der Waals surface area contributed by atoms with Gasteiger partial charge in [-0.25, -0.2) is 9.78 Å². The molecule has 6 heteroatoms. The molecule has 2 atom stereocenters. The average Bonchev–Trinajstić information content (AvgIpc) is 2.59. The zero-order chi connectivity index (χ0) is 18.0. The van der Waals surface area contributed by atoms with Crippen molar-refractivity contribution in [2.75, 3.05) is 6.54 Å². The van der Waals surface area contributed by atoms with E-state index in [1.165, 1.54) is 0 Å². The Morgan fingerprint density at radius 1 is 1.28 bits per heavy atom. The third-order valence-electron chi connectivity index (χ3n) is 4.41. The molecule has 1 fully saturated rings. The molecule has 0 saturated carbocycles. The van der Waals surface area contributed by atoms with E-state index in [1.807, 2.05) is 45.0 Å². The van der Waals surface area contributed by atoms with Crippen molar-refractivity contribution in [1.82, 2.24) is 14.9 Å². The van der Waals surface area contributed by atoms with Gasteiger partial charge >= 0.3 is 6.09 Å². The number of hydrogen-bond donors (Lipinski definition) is 1. The second kappa shape index (κ2) is 6.96. The number of nitrogens with two attached hydrogens (primary N) is 1. The predicted molar refractivity (Wildman–Crippen MR) is 97.0 cm³/mol. The first-order valence-electron chi connectivity index (χ1n) is 8.82. The van der Waals surface area contributed by atoms with Gasteiger partial charge in [-0.05, 0) is 64.3 Å². The number of piperidine rings is 1. The van der Waals surface area contributed by atoms with Crippen LogP contribution in [0.15, 0.2) is 30.5 Å². The van der Waals surface area contributed by atoms with Gasteiger partial charge < -0.3 is 15.4 Å². The van der Waals surface area contributed by atoms with Crippen LogP contribution in [0.25, 0.3) is 11.0 Å². The van der Waals surface area contributed by atoms with Crippen molar-refractivity contribution in [1.29, 1.82) is 0 Å². The predicted octanol–water partition coefficient (Wildman–Crippen LogP) is 3.42. The number of pyridine rings is 2. The van der Waals surface area contributed by atoms with Crippen molar-refractivity contribution in [2.24, 2.45) is 5.73 Å². The molecule has 0 radical (unpaired) electrons. The van der Waals surface area contributed by atoms with Crippen LogP contribution >= 0.6 is 0 Å². The van der Waals surface area contributed by atoms with Gasteiger partial charge in [0.25, 0.3) is 0 Å². The number of hydrogen-bond acceptors (Lipinski definition) is 5. The quantitative estimate of drug-likeness (QED) is 0.904. The molecular weight excluding hydrogens is 316 g/mol. The number of fused-ring (bicyclic) bond motifs is 1. The van der Waals surface area contributed by atoms with E-state index in [2.05, 4.69) is 9.97 Å². The summed E-state index contributed by atoms with van der Waals surface area (Å²) >= 11 is 0. The van der Waals surface area contributed by atoms with Gasteiger partial charge in [0.15, 0.2) is 0 Å². The molecule has 2 aromatic rings. The maximum Gasteiger partial charge on any atom is 0.410 e. The molecule has 6 nitrogen and oxygen atoms in total. The highest BCUT2D eigenvalue weighted by molar-refractivity contribution is 5.73. The molecule has 0 spiro atoms. The summed E-state index contributed by atoms with van der Waals surface area (Å²) in [5.74, 6) is 0. The molecule has 0 bridgehead atoms. The monoisotopic (exact) mass is 342 g/mol. The highest BCUT2D eigenvalue weighted by Gasteiger charge is 2.35. The molecule has 25 heavy (non-hydrogen) atoms. The molecule has 1 aliphatic heterocycles. The van der Waals surface area contributed by atoms with Crippen LogP contribution in [0, 0.1) is 0 Å². The fraction of sp³-hybridized carbons (Fsp3) is 0.526. The second-order valence-corrected chi connectivity index (χ2v) is 7.54. The minimum atomic E-state index is -0.518. The van der Waals surface area contributed by atoms with E-state index >= 15 is 0 Å². The van der Waals surface area contributed by atoms with Gasteiger partial charge in [0.05, 0.1) is 28.8 Å². The Morgan fingerprint density at radius 3 is 2.84 bits per heavy atom. The van der Waals surface area contributed by atoms with Gasteiger partial charge in [-0.2, -0.15) is 0 Å². The first kappa shape index (κ1) is 17.6. The zero-order valence-electron chi connectivity index (χ0n) is 15.1. The van der Waals surface area contributed by atoms with E-state index in [0.29, 0.717) is 6.54 Å². The number of nitrogens with zero attached hydrogens (tertiary/aromatic N) is 3. The molecule has 1 amide bonds. The molecule has 1 unspecified atom stereocenters. The number of carbonyl (C=O) groups excluding carboxylic acids is 1. The van der Waals surface area contributed by atoms with Gasteiger partial charge in [0.1, 0.15) is 5.60 Å².